The summed E-state index contributed by atoms with van der Waals surface area (Å²) in [5.41, 5.74) is 3.22. The maximum atomic E-state index is 13.4. The number of hydrogen-bond donors (Lipinski definition) is 1. The molecule has 170 valence electrons. The fourth-order valence-electron chi connectivity index (χ4n) is 4.47. The topological polar surface area (TPSA) is 82.9 Å². The molecule has 4 aromatic rings. The number of aromatic amines is 1. The van der Waals surface area contributed by atoms with E-state index in [1.165, 1.54) is 12.1 Å². The van der Waals surface area contributed by atoms with Crippen molar-refractivity contribution in [2.45, 2.75) is 19.5 Å². The van der Waals surface area contributed by atoms with Crippen LogP contribution >= 0.6 is 0 Å². The number of halogens is 1. The second-order valence-corrected chi connectivity index (χ2v) is 8.66. The minimum Gasteiger partial charge on any atom is -0.321 e. The number of benzene rings is 2. The van der Waals surface area contributed by atoms with Crippen LogP contribution in [-0.4, -0.2) is 68.2 Å². The summed E-state index contributed by atoms with van der Waals surface area (Å²) in [4.78, 5) is 20.9. The highest BCUT2D eigenvalue weighted by Crippen LogP contribution is 2.28. The zero-order valence-electron chi connectivity index (χ0n) is 18.7. The van der Waals surface area contributed by atoms with E-state index in [9.17, 15) is 9.18 Å². The molecule has 3 heterocycles. The number of aromatic nitrogens is 5. The zero-order chi connectivity index (χ0) is 22.9. The molecule has 1 aliphatic heterocycles. The molecule has 0 spiro atoms. The van der Waals surface area contributed by atoms with Crippen LogP contribution in [0, 0.1) is 12.7 Å². The van der Waals surface area contributed by atoms with E-state index in [1.807, 2.05) is 31.2 Å². The number of piperazine rings is 1. The van der Waals surface area contributed by atoms with Gasteiger partial charge in [-0.3, -0.25) is 9.69 Å². The number of nitrogens with one attached hydrogen (secondary N) is 1. The van der Waals surface area contributed by atoms with Crippen LogP contribution in [0.4, 0.5) is 4.39 Å². The van der Waals surface area contributed by atoms with Crippen molar-refractivity contribution in [1.29, 1.82) is 0 Å². The molecule has 0 radical (unpaired) electrons. The number of pyridine rings is 1. The summed E-state index contributed by atoms with van der Waals surface area (Å²) in [5, 5.41) is 13.5. The fourth-order valence-corrected chi connectivity index (χ4v) is 4.47. The third-order valence-electron chi connectivity index (χ3n) is 6.36. The Kier molecular flexibility index (Phi) is 5.74. The lowest BCUT2D eigenvalue weighted by Crippen LogP contribution is -2.47. The largest absolute Gasteiger partial charge is 0.321 e. The number of aryl methyl sites for hydroxylation is 1. The van der Waals surface area contributed by atoms with Crippen LogP contribution in [0.15, 0.2) is 53.3 Å². The molecule has 33 heavy (non-hydrogen) atoms. The Bertz CT molecular complexity index is 1320. The molecule has 5 rings (SSSR count). The Morgan fingerprint density at radius 2 is 1.85 bits per heavy atom. The van der Waals surface area contributed by atoms with Crippen molar-refractivity contribution < 1.29 is 4.39 Å². The van der Waals surface area contributed by atoms with E-state index in [0.717, 1.165) is 48.2 Å². The molecule has 1 N–H and O–H groups in total. The lowest BCUT2D eigenvalue weighted by atomic mass is 10.0. The highest BCUT2D eigenvalue weighted by Gasteiger charge is 2.32. The number of para-hydroxylation sites is 1. The molecule has 8 nitrogen and oxygen atoms in total. The highest BCUT2D eigenvalue weighted by molar-refractivity contribution is 5.82. The molecule has 9 heteroatoms. The first-order chi connectivity index (χ1) is 16.0. The first-order valence-corrected chi connectivity index (χ1v) is 11.1. The lowest BCUT2D eigenvalue weighted by molar-refractivity contribution is 0.121. The molecular weight excluding hydrogens is 421 g/mol. The first-order valence-electron chi connectivity index (χ1n) is 11.1. The van der Waals surface area contributed by atoms with Gasteiger partial charge in [0.15, 0.2) is 5.82 Å². The van der Waals surface area contributed by atoms with Crippen molar-refractivity contribution in [3.05, 3.63) is 87.2 Å². The van der Waals surface area contributed by atoms with Crippen LogP contribution in [0.3, 0.4) is 0 Å². The van der Waals surface area contributed by atoms with Gasteiger partial charge in [0, 0.05) is 31.7 Å². The predicted molar refractivity (Wildman–Crippen MR) is 124 cm³/mol. The van der Waals surface area contributed by atoms with Crippen molar-refractivity contribution >= 4 is 10.9 Å². The van der Waals surface area contributed by atoms with Crippen molar-refractivity contribution in [2.75, 3.05) is 33.2 Å². The molecule has 0 bridgehead atoms. The number of hydrogen-bond acceptors (Lipinski definition) is 6. The summed E-state index contributed by atoms with van der Waals surface area (Å²) in [7, 11) is 2.09. The third kappa shape index (κ3) is 4.29. The molecule has 1 saturated heterocycles. The number of nitrogens with zero attached hydrogens (tertiary/aromatic N) is 6. The standard InChI is InChI=1S/C24H26FN7O/c1-16-4-3-5-18-14-20(24(33)26-21(16)18)22(31-12-10-30(2)11-13-31)23-27-28-29-32(23)15-17-6-8-19(25)9-7-17/h3-9,14,22H,10-13,15H2,1-2H3,(H,26,33)/t22-/m0/s1. The monoisotopic (exact) mass is 447 g/mol. The van der Waals surface area contributed by atoms with Crippen LogP contribution in [-0.2, 0) is 6.54 Å². The van der Waals surface area contributed by atoms with Crippen molar-refractivity contribution in [3.63, 3.8) is 0 Å². The Labute approximate surface area is 190 Å². The van der Waals surface area contributed by atoms with Crippen LogP contribution in [0.1, 0.15) is 28.6 Å². The quantitative estimate of drug-likeness (QED) is 0.506. The zero-order valence-corrected chi connectivity index (χ0v) is 18.7. The van der Waals surface area contributed by atoms with E-state index >= 15 is 0 Å². The Balaban J connectivity index is 1.60. The number of H-pyrrole nitrogens is 1. The van der Waals surface area contributed by atoms with E-state index in [-0.39, 0.29) is 11.4 Å². The minimum atomic E-state index is -0.400. The van der Waals surface area contributed by atoms with Gasteiger partial charge in [0.1, 0.15) is 11.9 Å². The summed E-state index contributed by atoms with van der Waals surface area (Å²) in [5.74, 6) is 0.311. The minimum absolute atomic E-state index is 0.142. The van der Waals surface area contributed by atoms with Crippen molar-refractivity contribution in [3.8, 4) is 0 Å². The Morgan fingerprint density at radius 1 is 1.09 bits per heavy atom. The lowest BCUT2D eigenvalue weighted by Gasteiger charge is -2.37. The molecule has 1 fully saturated rings. The van der Waals surface area contributed by atoms with Gasteiger partial charge in [-0.2, -0.15) is 0 Å². The second kappa shape index (κ2) is 8.84. The number of likely N-dealkylation sites (N-methyl/N-ethyl adjacent to an activating group) is 1. The van der Waals surface area contributed by atoms with Crippen LogP contribution < -0.4 is 5.56 Å². The molecule has 2 aromatic heterocycles. The Hall–Kier alpha value is -3.43. The average Bonchev–Trinajstić information content (AvgIpc) is 3.25. The second-order valence-electron chi connectivity index (χ2n) is 8.66. The van der Waals surface area contributed by atoms with E-state index in [4.69, 9.17) is 0 Å². The SMILES string of the molecule is Cc1cccc2cc([C@@H](c3nnnn3Cc3ccc(F)cc3)N3CCN(C)CC3)c(=O)[nH]c12. The molecule has 0 amide bonds. The summed E-state index contributed by atoms with van der Waals surface area (Å²) in [6.45, 7) is 5.73. The first kappa shape index (κ1) is 21.4. The number of fused-ring (bicyclic) bond motifs is 1. The predicted octanol–water partition coefficient (Wildman–Crippen LogP) is 2.35. The van der Waals surface area contributed by atoms with Gasteiger partial charge in [-0.1, -0.05) is 30.3 Å². The fraction of sp³-hybridized carbons (Fsp3) is 0.333. The Morgan fingerprint density at radius 3 is 2.61 bits per heavy atom. The molecule has 0 saturated carbocycles. The summed E-state index contributed by atoms with van der Waals surface area (Å²) >= 11 is 0. The van der Waals surface area contributed by atoms with Crippen LogP contribution in [0.5, 0.6) is 0 Å². The van der Waals surface area contributed by atoms with E-state index < -0.39 is 6.04 Å². The van der Waals surface area contributed by atoms with Gasteiger partial charge < -0.3 is 9.88 Å². The molecule has 1 atom stereocenters. The van der Waals surface area contributed by atoms with E-state index in [2.05, 4.69) is 37.4 Å². The van der Waals surface area contributed by atoms with Crippen LogP contribution in [0.2, 0.25) is 0 Å². The van der Waals surface area contributed by atoms with Gasteiger partial charge in [-0.15, -0.1) is 5.10 Å². The average molecular weight is 448 g/mol. The van der Waals surface area contributed by atoms with Gasteiger partial charge >= 0.3 is 0 Å². The van der Waals surface area contributed by atoms with Gasteiger partial charge in [-0.25, -0.2) is 9.07 Å². The van der Waals surface area contributed by atoms with Gasteiger partial charge in [0.05, 0.1) is 12.1 Å². The van der Waals surface area contributed by atoms with E-state index in [1.54, 1.807) is 16.8 Å². The van der Waals surface area contributed by atoms with Gasteiger partial charge in [-0.05, 0) is 59.1 Å². The molecule has 1 aliphatic rings. The maximum Gasteiger partial charge on any atom is 0.253 e. The molecule has 0 unspecified atom stereocenters. The smallest absolute Gasteiger partial charge is 0.253 e. The normalized spacial score (nSPS) is 16.3. The number of tetrazole rings is 1. The molecular formula is C24H26FN7O. The maximum absolute atomic E-state index is 13.4. The summed E-state index contributed by atoms with van der Waals surface area (Å²) in [6, 6.07) is 13.8. The van der Waals surface area contributed by atoms with Gasteiger partial charge in [0.25, 0.3) is 5.56 Å². The van der Waals surface area contributed by atoms with E-state index in [0.29, 0.717) is 17.9 Å². The van der Waals surface area contributed by atoms with Gasteiger partial charge in [0.2, 0.25) is 0 Å². The summed E-state index contributed by atoms with van der Waals surface area (Å²) in [6.07, 6.45) is 0. The molecule has 0 aliphatic carbocycles. The molecule has 2 aromatic carbocycles. The third-order valence-corrected chi connectivity index (χ3v) is 6.36. The number of rotatable bonds is 5. The van der Waals surface area contributed by atoms with Crippen molar-refractivity contribution in [1.82, 2.24) is 35.0 Å². The highest BCUT2D eigenvalue weighted by atomic mass is 19.1. The summed E-state index contributed by atoms with van der Waals surface area (Å²) < 4.78 is 15.1. The van der Waals surface area contributed by atoms with Crippen molar-refractivity contribution in [2.24, 2.45) is 0 Å². The van der Waals surface area contributed by atoms with Crippen LogP contribution in [0.25, 0.3) is 10.9 Å².